The molecule has 0 spiro atoms. The van der Waals surface area contributed by atoms with E-state index in [1.807, 2.05) is 30.3 Å². The zero-order chi connectivity index (χ0) is 15.4. The van der Waals surface area contributed by atoms with Gasteiger partial charge in [0.05, 0.1) is 0 Å². The molecule has 2 rings (SSSR count). The van der Waals surface area contributed by atoms with Crippen LogP contribution in [-0.4, -0.2) is 16.9 Å². The maximum atomic E-state index is 11.4. The summed E-state index contributed by atoms with van der Waals surface area (Å²) in [6.45, 7) is 3.09. The van der Waals surface area contributed by atoms with Gasteiger partial charge in [0.25, 0.3) is 0 Å². The van der Waals surface area contributed by atoms with E-state index in [2.05, 4.69) is 0 Å². The Kier molecular flexibility index (Phi) is 4.33. The molecule has 0 amide bonds. The van der Waals surface area contributed by atoms with E-state index >= 15 is 0 Å². The summed E-state index contributed by atoms with van der Waals surface area (Å²) in [6, 6.07) is 16.4. The quantitative estimate of drug-likeness (QED) is 0.684. The van der Waals surface area contributed by atoms with Gasteiger partial charge in [-0.05, 0) is 30.5 Å². The normalized spacial score (nSPS) is 11.7. The maximum Gasteiger partial charge on any atom is 0.331 e. The van der Waals surface area contributed by atoms with Crippen LogP contribution in [-0.2, 0) is 4.79 Å². The number of carboxylic acids is 1. The first-order valence-corrected chi connectivity index (χ1v) is 6.61. The minimum Gasteiger partial charge on any atom is -0.478 e. The van der Waals surface area contributed by atoms with Crippen LogP contribution in [0.2, 0.25) is 0 Å². The van der Waals surface area contributed by atoms with E-state index in [4.69, 9.17) is 0 Å². The predicted molar refractivity (Wildman–Crippen MR) is 82.2 cm³/mol. The van der Waals surface area contributed by atoms with Crippen molar-refractivity contribution in [3.8, 4) is 0 Å². The molecule has 0 saturated heterocycles. The first-order valence-electron chi connectivity index (χ1n) is 6.61. The second-order valence-corrected chi connectivity index (χ2v) is 4.80. The van der Waals surface area contributed by atoms with Crippen molar-refractivity contribution in [2.75, 3.05) is 0 Å². The molecule has 0 bridgehead atoms. The highest BCUT2D eigenvalue weighted by atomic mass is 16.4. The summed E-state index contributed by atoms with van der Waals surface area (Å²) in [6.07, 6.45) is 0. The fourth-order valence-corrected chi connectivity index (χ4v) is 2.18. The van der Waals surface area contributed by atoms with Crippen molar-refractivity contribution in [3.63, 3.8) is 0 Å². The highest BCUT2D eigenvalue weighted by Crippen LogP contribution is 2.27. The summed E-state index contributed by atoms with van der Waals surface area (Å²) in [4.78, 5) is 22.7. The number of aliphatic carboxylic acids is 1. The Balaban J connectivity index is 2.59. The van der Waals surface area contributed by atoms with Gasteiger partial charge in [0.1, 0.15) is 0 Å². The van der Waals surface area contributed by atoms with Gasteiger partial charge in [-0.25, -0.2) is 4.79 Å². The third-order valence-corrected chi connectivity index (χ3v) is 3.34. The molecular weight excluding hydrogens is 264 g/mol. The molecular formula is C18H16O3. The second kappa shape index (κ2) is 6.18. The van der Waals surface area contributed by atoms with E-state index in [1.54, 1.807) is 31.2 Å². The van der Waals surface area contributed by atoms with Gasteiger partial charge >= 0.3 is 5.97 Å². The van der Waals surface area contributed by atoms with Gasteiger partial charge in [-0.2, -0.15) is 0 Å². The molecule has 0 heterocycles. The molecule has 106 valence electrons. The molecule has 21 heavy (non-hydrogen) atoms. The lowest BCUT2D eigenvalue weighted by Gasteiger charge is -2.11. The average Bonchev–Trinajstić information content (AvgIpc) is 2.49. The van der Waals surface area contributed by atoms with Crippen molar-refractivity contribution < 1.29 is 14.7 Å². The van der Waals surface area contributed by atoms with Crippen LogP contribution in [0.15, 0.2) is 60.2 Å². The van der Waals surface area contributed by atoms with Gasteiger partial charge in [0, 0.05) is 11.1 Å². The fourth-order valence-electron chi connectivity index (χ4n) is 2.18. The molecule has 0 aliphatic rings. The highest BCUT2D eigenvalue weighted by molar-refractivity contribution is 6.01. The monoisotopic (exact) mass is 280 g/mol. The lowest BCUT2D eigenvalue weighted by molar-refractivity contribution is -0.132. The van der Waals surface area contributed by atoms with Crippen LogP contribution in [0.5, 0.6) is 0 Å². The number of carbonyl (C=O) groups is 2. The van der Waals surface area contributed by atoms with Gasteiger partial charge < -0.3 is 5.11 Å². The Morgan fingerprint density at radius 1 is 0.762 bits per heavy atom. The molecule has 3 nitrogen and oxygen atoms in total. The van der Waals surface area contributed by atoms with Gasteiger partial charge in [-0.3, -0.25) is 4.79 Å². The van der Waals surface area contributed by atoms with Crippen LogP contribution in [0.3, 0.4) is 0 Å². The molecule has 0 fully saturated rings. The molecule has 0 aromatic heterocycles. The molecule has 0 radical (unpaired) electrons. The molecule has 0 saturated carbocycles. The standard InChI is InChI=1S/C18H16O3/c1-12(18(20)21)17(15-6-4-3-5-7-15)16-10-8-14(9-11-16)13(2)19/h3-11H,1-2H3,(H,20,21)/b17-12-. The Labute approximate surface area is 123 Å². The van der Waals surface area contributed by atoms with Gasteiger partial charge in [0.2, 0.25) is 0 Å². The smallest absolute Gasteiger partial charge is 0.331 e. The molecule has 0 aliphatic heterocycles. The zero-order valence-corrected chi connectivity index (χ0v) is 12.0. The zero-order valence-electron chi connectivity index (χ0n) is 12.0. The number of carbonyl (C=O) groups excluding carboxylic acids is 1. The number of carboxylic acid groups (broad SMARTS) is 1. The average molecular weight is 280 g/mol. The predicted octanol–water partition coefficient (Wildman–Crippen LogP) is 3.80. The third kappa shape index (κ3) is 3.26. The van der Waals surface area contributed by atoms with Crippen molar-refractivity contribution >= 4 is 17.3 Å². The van der Waals surface area contributed by atoms with Crippen molar-refractivity contribution in [1.29, 1.82) is 0 Å². The van der Waals surface area contributed by atoms with E-state index in [0.29, 0.717) is 11.1 Å². The first-order chi connectivity index (χ1) is 10.0. The number of ketones is 1. The topological polar surface area (TPSA) is 54.4 Å². The number of benzene rings is 2. The van der Waals surface area contributed by atoms with E-state index in [0.717, 1.165) is 11.1 Å². The van der Waals surface area contributed by atoms with Crippen molar-refractivity contribution in [1.82, 2.24) is 0 Å². The minimum absolute atomic E-state index is 0.0123. The summed E-state index contributed by atoms with van der Waals surface area (Å²) in [7, 11) is 0. The Morgan fingerprint density at radius 2 is 1.24 bits per heavy atom. The molecule has 2 aromatic rings. The van der Waals surface area contributed by atoms with Crippen LogP contribution in [0, 0.1) is 0 Å². The molecule has 1 N–H and O–H groups in total. The van der Waals surface area contributed by atoms with Crippen molar-refractivity contribution in [2.45, 2.75) is 13.8 Å². The molecule has 2 aromatic carbocycles. The number of Topliss-reactive ketones (excluding diaryl/α,β-unsaturated/α-hetero) is 1. The Hall–Kier alpha value is -2.68. The van der Waals surface area contributed by atoms with Crippen molar-refractivity contribution in [2.24, 2.45) is 0 Å². The molecule has 0 aliphatic carbocycles. The van der Waals surface area contributed by atoms with Gasteiger partial charge in [-0.1, -0.05) is 54.6 Å². The summed E-state index contributed by atoms with van der Waals surface area (Å²) < 4.78 is 0. The number of hydrogen-bond acceptors (Lipinski definition) is 2. The van der Waals surface area contributed by atoms with E-state index in [-0.39, 0.29) is 11.4 Å². The Morgan fingerprint density at radius 3 is 1.71 bits per heavy atom. The van der Waals surface area contributed by atoms with Crippen LogP contribution in [0.1, 0.15) is 35.3 Å². The maximum absolute atomic E-state index is 11.4. The molecule has 3 heteroatoms. The van der Waals surface area contributed by atoms with Gasteiger partial charge in [-0.15, -0.1) is 0 Å². The summed E-state index contributed by atoms with van der Waals surface area (Å²) in [5, 5.41) is 9.31. The van der Waals surface area contributed by atoms with Crippen LogP contribution < -0.4 is 0 Å². The lowest BCUT2D eigenvalue weighted by Crippen LogP contribution is -2.02. The third-order valence-electron chi connectivity index (χ3n) is 3.34. The largest absolute Gasteiger partial charge is 0.478 e. The van der Waals surface area contributed by atoms with Crippen LogP contribution in [0.4, 0.5) is 0 Å². The Bertz CT molecular complexity index is 695. The summed E-state index contributed by atoms with van der Waals surface area (Å²) in [5.41, 5.74) is 3.17. The summed E-state index contributed by atoms with van der Waals surface area (Å²) >= 11 is 0. The lowest BCUT2D eigenvalue weighted by atomic mass is 9.92. The highest BCUT2D eigenvalue weighted by Gasteiger charge is 2.14. The van der Waals surface area contributed by atoms with Crippen molar-refractivity contribution in [3.05, 3.63) is 76.9 Å². The van der Waals surface area contributed by atoms with Gasteiger partial charge in [0.15, 0.2) is 5.78 Å². The number of rotatable bonds is 4. The SMILES string of the molecule is CC(=O)c1ccc(/C(=C(/C)C(=O)O)c2ccccc2)cc1. The molecule has 0 atom stereocenters. The van der Waals surface area contributed by atoms with E-state index in [1.165, 1.54) is 6.92 Å². The minimum atomic E-state index is -0.954. The second-order valence-electron chi connectivity index (χ2n) is 4.80. The van der Waals surface area contributed by atoms with Crippen LogP contribution in [0.25, 0.3) is 5.57 Å². The number of hydrogen-bond donors (Lipinski definition) is 1. The summed E-state index contributed by atoms with van der Waals surface area (Å²) in [5.74, 6) is -0.966. The van der Waals surface area contributed by atoms with Crippen LogP contribution >= 0.6 is 0 Å². The van der Waals surface area contributed by atoms with E-state index in [9.17, 15) is 14.7 Å². The van der Waals surface area contributed by atoms with E-state index < -0.39 is 5.97 Å². The molecule has 0 unspecified atom stereocenters. The fraction of sp³-hybridized carbons (Fsp3) is 0.111. The first kappa shape index (κ1) is 14.7.